The Labute approximate surface area is 121 Å². The van der Waals surface area contributed by atoms with Crippen LogP contribution in [0.5, 0.6) is 0 Å². The van der Waals surface area contributed by atoms with Gasteiger partial charge in [-0.15, -0.1) is 0 Å². The Bertz CT molecular complexity index is 421. The smallest absolute Gasteiger partial charge is 0.0405 e. The zero-order valence-electron chi connectivity index (χ0n) is 13.2. The van der Waals surface area contributed by atoms with E-state index in [0.29, 0.717) is 10.2 Å². The van der Waals surface area contributed by atoms with Crippen LogP contribution < -0.4 is 0 Å². The summed E-state index contributed by atoms with van der Waals surface area (Å²) >= 11 is 3.92. The summed E-state index contributed by atoms with van der Waals surface area (Å²) in [5.74, 6) is 0. The van der Waals surface area contributed by atoms with Crippen LogP contribution in [0.2, 0.25) is 0 Å². The minimum Gasteiger partial charge on any atom is -0.0838 e. The first-order chi connectivity index (χ1) is 8.06. The lowest BCUT2D eigenvalue weighted by Gasteiger charge is -2.27. The monoisotopic (exact) mass is 310 g/mol. The number of alkyl halides is 1. The fourth-order valence-electron chi connectivity index (χ4n) is 2.64. The van der Waals surface area contributed by atoms with Gasteiger partial charge in [0.1, 0.15) is 0 Å². The van der Waals surface area contributed by atoms with Gasteiger partial charge in [-0.05, 0) is 79.8 Å². The van der Waals surface area contributed by atoms with E-state index in [1.807, 2.05) is 0 Å². The van der Waals surface area contributed by atoms with E-state index in [0.717, 1.165) is 6.42 Å². The zero-order valence-corrected chi connectivity index (χ0v) is 14.7. The van der Waals surface area contributed by atoms with Crippen molar-refractivity contribution < 1.29 is 0 Å². The number of rotatable bonds is 2. The molecule has 1 aromatic carbocycles. The standard InChI is InChI=1S/C17H27Br/c1-10-11(2)13(4)16(14(5)12(10)3)15(18)9-17(6,7)8/h15H,9H2,1-8H3. The van der Waals surface area contributed by atoms with Crippen molar-refractivity contribution in [3.63, 3.8) is 0 Å². The molecule has 1 unspecified atom stereocenters. The average Bonchev–Trinajstić information content (AvgIpc) is 2.21. The highest BCUT2D eigenvalue weighted by Gasteiger charge is 2.23. The topological polar surface area (TPSA) is 0 Å². The average molecular weight is 311 g/mol. The van der Waals surface area contributed by atoms with Gasteiger partial charge in [-0.25, -0.2) is 0 Å². The molecule has 102 valence electrons. The highest BCUT2D eigenvalue weighted by atomic mass is 79.9. The summed E-state index contributed by atoms with van der Waals surface area (Å²) in [6, 6.07) is 0. The Hall–Kier alpha value is -0.300. The maximum absolute atomic E-state index is 3.92. The Balaban J connectivity index is 3.33. The van der Waals surface area contributed by atoms with Gasteiger partial charge >= 0.3 is 0 Å². The molecule has 0 nitrogen and oxygen atoms in total. The third-order valence-corrected chi connectivity index (χ3v) is 4.94. The summed E-state index contributed by atoms with van der Waals surface area (Å²) in [5, 5.41) is 0. The van der Waals surface area contributed by atoms with Gasteiger partial charge in [0, 0.05) is 4.83 Å². The van der Waals surface area contributed by atoms with Crippen molar-refractivity contribution in [2.75, 3.05) is 0 Å². The lowest BCUT2D eigenvalue weighted by atomic mass is 9.83. The summed E-state index contributed by atoms with van der Waals surface area (Å²) in [4.78, 5) is 0.454. The summed E-state index contributed by atoms with van der Waals surface area (Å²) in [5.41, 5.74) is 9.12. The van der Waals surface area contributed by atoms with E-state index in [-0.39, 0.29) is 0 Å². The fraction of sp³-hybridized carbons (Fsp3) is 0.647. The van der Waals surface area contributed by atoms with Crippen LogP contribution in [0.4, 0.5) is 0 Å². The normalized spacial score (nSPS) is 13.8. The van der Waals surface area contributed by atoms with E-state index in [1.54, 1.807) is 0 Å². The van der Waals surface area contributed by atoms with Crippen molar-refractivity contribution in [1.29, 1.82) is 0 Å². The van der Waals surface area contributed by atoms with E-state index < -0.39 is 0 Å². The molecule has 0 aliphatic rings. The molecule has 0 radical (unpaired) electrons. The molecule has 0 fully saturated rings. The second-order valence-electron chi connectivity index (χ2n) is 6.77. The quantitative estimate of drug-likeness (QED) is 0.579. The summed E-state index contributed by atoms with van der Waals surface area (Å²) in [7, 11) is 0. The Morgan fingerprint density at radius 3 is 1.44 bits per heavy atom. The Morgan fingerprint density at radius 1 is 0.778 bits per heavy atom. The van der Waals surface area contributed by atoms with Crippen molar-refractivity contribution in [1.82, 2.24) is 0 Å². The summed E-state index contributed by atoms with van der Waals surface area (Å²) in [6.07, 6.45) is 1.16. The predicted molar refractivity (Wildman–Crippen MR) is 85.9 cm³/mol. The molecule has 0 N–H and O–H groups in total. The molecule has 1 atom stereocenters. The van der Waals surface area contributed by atoms with Gasteiger partial charge in [-0.3, -0.25) is 0 Å². The minimum atomic E-state index is 0.347. The fourth-order valence-corrected chi connectivity index (χ4v) is 4.30. The molecule has 0 bridgehead atoms. The van der Waals surface area contributed by atoms with E-state index in [4.69, 9.17) is 0 Å². The largest absolute Gasteiger partial charge is 0.0838 e. The van der Waals surface area contributed by atoms with E-state index >= 15 is 0 Å². The molecule has 0 saturated heterocycles. The van der Waals surface area contributed by atoms with Crippen LogP contribution in [0.3, 0.4) is 0 Å². The van der Waals surface area contributed by atoms with E-state index in [1.165, 1.54) is 33.4 Å². The first-order valence-corrected chi connectivity index (χ1v) is 7.68. The molecule has 0 saturated carbocycles. The molecule has 0 heterocycles. The molecule has 1 rings (SSSR count). The number of hydrogen-bond donors (Lipinski definition) is 0. The second-order valence-corrected chi connectivity index (χ2v) is 7.88. The highest BCUT2D eigenvalue weighted by molar-refractivity contribution is 9.09. The van der Waals surface area contributed by atoms with Crippen LogP contribution in [0.1, 0.15) is 65.4 Å². The van der Waals surface area contributed by atoms with E-state index in [2.05, 4.69) is 71.3 Å². The summed E-state index contributed by atoms with van der Waals surface area (Å²) < 4.78 is 0. The van der Waals surface area contributed by atoms with Crippen LogP contribution in [0.25, 0.3) is 0 Å². The third-order valence-electron chi connectivity index (χ3n) is 4.16. The molecule has 1 heteroatoms. The molecule has 0 spiro atoms. The van der Waals surface area contributed by atoms with Crippen LogP contribution in [-0.2, 0) is 0 Å². The van der Waals surface area contributed by atoms with Gasteiger partial charge in [-0.2, -0.15) is 0 Å². The van der Waals surface area contributed by atoms with Gasteiger partial charge < -0.3 is 0 Å². The van der Waals surface area contributed by atoms with Crippen LogP contribution in [-0.4, -0.2) is 0 Å². The lowest BCUT2D eigenvalue weighted by Crippen LogP contribution is -2.12. The van der Waals surface area contributed by atoms with Crippen molar-refractivity contribution in [2.45, 2.75) is 66.6 Å². The van der Waals surface area contributed by atoms with E-state index in [9.17, 15) is 0 Å². The SMILES string of the molecule is Cc1c(C)c(C)c(C(Br)CC(C)(C)C)c(C)c1C. The van der Waals surface area contributed by atoms with Crippen molar-refractivity contribution in [2.24, 2.45) is 5.41 Å². The molecular weight excluding hydrogens is 284 g/mol. The minimum absolute atomic E-state index is 0.347. The predicted octanol–water partition coefficient (Wildman–Crippen LogP) is 6.10. The number of halogens is 1. The molecule has 0 amide bonds. The van der Waals surface area contributed by atoms with Gasteiger partial charge in [0.05, 0.1) is 0 Å². The first-order valence-electron chi connectivity index (χ1n) is 6.77. The molecular formula is C17H27Br. The summed E-state index contributed by atoms with van der Waals surface area (Å²) in [6.45, 7) is 18.2. The third kappa shape index (κ3) is 3.17. The van der Waals surface area contributed by atoms with Gasteiger partial charge in [0.25, 0.3) is 0 Å². The molecule has 0 aliphatic carbocycles. The van der Waals surface area contributed by atoms with Crippen LogP contribution in [0, 0.1) is 40.0 Å². The zero-order chi connectivity index (χ0) is 14.2. The Morgan fingerprint density at radius 2 is 1.11 bits per heavy atom. The lowest BCUT2D eigenvalue weighted by molar-refractivity contribution is 0.376. The molecule has 1 aromatic rings. The molecule has 18 heavy (non-hydrogen) atoms. The van der Waals surface area contributed by atoms with Crippen LogP contribution in [0.15, 0.2) is 0 Å². The first kappa shape index (κ1) is 15.8. The maximum atomic E-state index is 3.92. The highest BCUT2D eigenvalue weighted by Crippen LogP contribution is 2.40. The van der Waals surface area contributed by atoms with Gasteiger partial charge in [0.15, 0.2) is 0 Å². The molecule has 0 aromatic heterocycles. The molecule has 0 aliphatic heterocycles. The number of hydrogen-bond acceptors (Lipinski definition) is 0. The Kier molecular flexibility index (Phi) is 4.70. The second kappa shape index (κ2) is 5.36. The van der Waals surface area contributed by atoms with Crippen LogP contribution >= 0.6 is 15.9 Å². The van der Waals surface area contributed by atoms with Crippen molar-refractivity contribution >= 4 is 15.9 Å². The van der Waals surface area contributed by atoms with Gasteiger partial charge in [-0.1, -0.05) is 36.7 Å². The van der Waals surface area contributed by atoms with Crippen molar-refractivity contribution in [3.8, 4) is 0 Å². The number of benzene rings is 1. The van der Waals surface area contributed by atoms with Gasteiger partial charge in [0.2, 0.25) is 0 Å². The van der Waals surface area contributed by atoms with Crippen molar-refractivity contribution in [3.05, 3.63) is 33.4 Å². The maximum Gasteiger partial charge on any atom is 0.0405 e.